The molecular formula is C19H29N5O6. The predicted octanol–water partition coefficient (Wildman–Crippen LogP) is -1.81. The van der Waals surface area contributed by atoms with Crippen LogP contribution in [0, 0.1) is 0 Å². The summed E-state index contributed by atoms with van der Waals surface area (Å²) < 4.78 is 0. The number of aromatic hydroxyl groups is 1. The lowest BCUT2D eigenvalue weighted by atomic mass is 10.0. The van der Waals surface area contributed by atoms with Crippen LogP contribution in [0.15, 0.2) is 24.3 Å². The number of benzene rings is 1. The largest absolute Gasteiger partial charge is 0.508 e. The van der Waals surface area contributed by atoms with Crippen LogP contribution in [0.4, 0.5) is 0 Å². The third-order valence-corrected chi connectivity index (χ3v) is 4.21. The quantitative estimate of drug-likeness (QED) is 0.180. The highest BCUT2D eigenvalue weighted by Crippen LogP contribution is 2.12. The smallest absolute Gasteiger partial charge is 0.322 e. The first-order valence-corrected chi connectivity index (χ1v) is 9.54. The number of nitrogens with one attached hydrogen (secondary N) is 3. The zero-order valence-electron chi connectivity index (χ0n) is 16.6. The van der Waals surface area contributed by atoms with Gasteiger partial charge in [-0.15, -0.1) is 0 Å². The highest BCUT2D eigenvalue weighted by molar-refractivity contribution is 5.93. The molecule has 1 aromatic carbocycles. The molecule has 0 aromatic heterocycles. The number of unbranched alkanes of at least 4 members (excludes halogenated alkanes) is 1. The molecule has 166 valence electrons. The Morgan fingerprint density at radius 2 is 1.60 bits per heavy atom. The Hall–Kier alpha value is -3.18. The minimum absolute atomic E-state index is 0.0563. The minimum Gasteiger partial charge on any atom is -0.508 e. The summed E-state index contributed by atoms with van der Waals surface area (Å²) in [6.45, 7) is -0.491. The summed E-state index contributed by atoms with van der Waals surface area (Å²) in [6.07, 6.45) is 1.52. The molecule has 0 aliphatic carbocycles. The van der Waals surface area contributed by atoms with E-state index < -0.39 is 42.3 Å². The van der Waals surface area contributed by atoms with Crippen molar-refractivity contribution in [3.8, 4) is 5.75 Å². The van der Waals surface area contributed by atoms with Crippen LogP contribution in [-0.4, -0.2) is 65.6 Å². The van der Waals surface area contributed by atoms with Gasteiger partial charge in [0.15, 0.2) is 0 Å². The van der Waals surface area contributed by atoms with Gasteiger partial charge in [0.2, 0.25) is 17.7 Å². The van der Waals surface area contributed by atoms with Crippen LogP contribution in [0.3, 0.4) is 0 Å². The van der Waals surface area contributed by atoms with Crippen molar-refractivity contribution in [1.29, 1.82) is 0 Å². The molecule has 0 saturated heterocycles. The van der Waals surface area contributed by atoms with Crippen LogP contribution in [-0.2, 0) is 25.6 Å². The second kappa shape index (κ2) is 13.1. The Morgan fingerprint density at radius 3 is 2.17 bits per heavy atom. The van der Waals surface area contributed by atoms with E-state index in [4.69, 9.17) is 16.6 Å². The molecule has 0 bridgehead atoms. The van der Waals surface area contributed by atoms with Gasteiger partial charge in [-0.2, -0.15) is 0 Å². The molecule has 0 saturated carbocycles. The van der Waals surface area contributed by atoms with Crippen molar-refractivity contribution in [3.05, 3.63) is 29.8 Å². The first-order valence-electron chi connectivity index (χ1n) is 9.54. The molecular weight excluding hydrogens is 394 g/mol. The zero-order valence-corrected chi connectivity index (χ0v) is 16.6. The fourth-order valence-corrected chi connectivity index (χ4v) is 2.65. The van der Waals surface area contributed by atoms with Crippen LogP contribution in [0.5, 0.6) is 5.75 Å². The van der Waals surface area contributed by atoms with E-state index in [1.54, 1.807) is 12.1 Å². The maximum Gasteiger partial charge on any atom is 0.322 e. The Labute approximate surface area is 174 Å². The minimum atomic E-state index is -1.21. The first kappa shape index (κ1) is 24.9. The average molecular weight is 423 g/mol. The molecule has 1 aromatic rings. The number of amides is 3. The molecule has 11 heteroatoms. The van der Waals surface area contributed by atoms with Gasteiger partial charge >= 0.3 is 5.97 Å². The number of rotatable bonds is 13. The third kappa shape index (κ3) is 9.34. The number of carboxylic acid groups (broad SMARTS) is 1. The number of hydrogen-bond donors (Lipinski definition) is 7. The zero-order chi connectivity index (χ0) is 22.5. The molecule has 11 nitrogen and oxygen atoms in total. The van der Waals surface area contributed by atoms with Crippen LogP contribution >= 0.6 is 0 Å². The van der Waals surface area contributed by atoms with E-state index in [1.165, 1.54) is 12.1 Å². The van der Waals surface area contributed by atoms with Crippen LogP contribution in [0.1, 0.15) is 24.8 Å². The van der Waals surface area contributed by atoms with Gasteiger partial charge < -0.3 is 37.6 Å². The van der Waals surface area contributed by atoms with Crippen molar-refractivity contribution in [2.24, 2.45) is 11.5 Å². The van der Waals surface area contributed by atoms with Gasteiger partial charge in [-0.05, 0) is 43.5 Å². The van der Waals surface area contributed by atoms with E-state index in [0.717, 1.165) is 0 Å². The van der Waals surface area contributed by atoms with E-state index in [-0.39, 0.29) is 25.1 Å². The van der Waals surface area contributed by atoms with Crippen LogP contribution in [0.25, 0.3) is 0 Å². The standard InChI is InChI=1S/C19H29N5O6/c20-8-2-1-3-14(18(29)22-11-17(27)28)24-19(30)15(23-16(26)10-21)9-12-4-6-13(25)7-5-12/h4-7,14-15,25H,1-3,8-11,20-21H2,(H,22,29)(H,23,26)(H,24,30)(H,27,28)/t14?,15-/m0/s1. The molecule has 1 unspecified atom stereocenters. The summed E-state index contributed by atoms with van der Waals surface area (Å²) in [5.74, 6) is -2.97. The molecule has 0 aliphatic rings. The summed E-state index contributed by atoms with van der Waals surface area (Å²) in [5, 5.41) is 25.5. The number of carbonyl (C=O) groups is 4. The highest BCUT2D eigenvalue weighted by atomic mass is 16.4. The number of aliphatic carboxylic acids is 1. The molecule has 0 heterocycles. The summed E-state index contributed by atoms with van der Waals surface area (Å²) in [5.41, 5.74) is 11.5. The number of carboxylic acids is 1. The lowest BCUT2D eigenvalue weighted by Crippen LogP contribution is -2.55. The van der Waals surface area contributed by atoms with E-state index in [1.807, 2.05) is 0 Å². The number of carbonyl (C=O) groups excluding carboxylic acids is 3. The number of hydrogen-bond acceptors (Lipinski definition) is 7. The molecule has 0 fully saturated rings. The second-order valence-corrected chi connectivity index (χ2v) is 6.65. The van der Waals surface area contributed by atoms with Gasteiger partial charge in [0.1, 0.15) is 24.4 Å². The molecule has 9 N–H and O–H groups in total. The van der Waals surface area contributed by atoms with Gasteiger partial charge in [0.25, 0.3) is 0 Å². The fourth-order valence-electron chi connectivity index (χ4n) is 2.65. The molecule has 3 amide bonds. The first-order chi connectivity index (χ1) is 14.3. The van der Waals surface area contributed by atoms with Crippen molar-refractivity contribution in [3.63, 3.8) is 0 Å². The monoisotopic (exact) mass is 423 g/mol. The van der Waals surface area contributed by atoms with Gasteiger partial charge in [-0.3, -0.25) is 19.2 Å². The maximum absolute atomic E-state index is 12.8. The fraction of sp³-hybridized carbons (Fsp3) is 0.474. The van der Waals surface area contributed by atoms with E-state index in [0.29, 0.717) is 24.9 Å². The van der Waals surface area contributed by atoms with E-state index in [2.05, 4.69) is 16.0 Å². The maximum atomic E-state index is 12.8. The van der Waals surface area contributed by atoms with Crippen molar-refractivity contribution < 1.29 is 29.4 Å². The third-order valence-electron chi connectivity index (χ3n) is 4.21. The predicted molar refractivity (Wildman–Crippen MR) is 108 cm³/mol. The topological polar surface area (TPSA) is 197 Å². The Morgan fingerprint density at radius 1 is 0.933 bits per heavy atom. The van der Waals surface area contributed by atoms with Gasteiger partial charge in [0, 0.05) is 6.42 Å². The Bertz CT molecular complexity index is 725. The molecule has 2 atom stereocenters. The molecule has 0 radical (unpaired) electrons. The number of nitrogens with two attached hydrogens (primary N) is 2. The van der Waals surface area contributed by atoms with Crippen LogP contribution in [0.2, 0.25) is 0 Å². The summed E-state index contributed by atoms with van der Waals surface area (Å²) in [7, 11) is 0. The SMILES string of the molecule is NCCCCC(NC(=O)[C@H](Cc1ccc(O)cc1)NC(=O)CN)C(=O)NCC(=O)O. The van der Waals surface area contributed by atoms with Gasteiger partial charge in [0.05, 0.1) is 6.54 Å². The van der Waals surface area contributed by atoms with Crippen molar-refractivity contribution in [1.82, 2.24) is 16.0 Å². The van der Waals surface area contributed by atoms with Crippen molar-refractivity contribution >= 4 is 23.7 Å². The van der Waals surface area contributed by atoms with Crippen molar-refractivity contribution in [2.75, 3.05) is 19.6 Å². The summed E-state index contributed by atoms with van der Waals surface area (Å²) >= 11 is 0. The van der Waals surface area contributed by atoms with Gasteiger partial charge in [-0.1, -0.05) is 12.1 Å². The summed E-state index contributed by atoms with van der Waals surface area (Å²) in [6, 6.07) is 4.09. The van der Waals surface area contributed by atoms with E-state index >= 15 is 0 Å². The Balaban J connectivity index is 2.91. The normalized spacial score (nSPS) is 12.5. The molecule has 0 aliphatic heterocycles. The van der Waals surface area contributed by atoms with Crippen molar-refractivity contribution in [2.45, 2.75) is 37.8 Å². The Kier molecular flexibility index (Phi) is 10.9. The van der Waals surface area contributed by atoms with Gasteiger partial charge in [-0.25, -0.2) is 0 Å². The number of phenols is 1. The van der Waals surface area contributed by atoms with E-state index in [9.17, 15) is 24.3 Å². The number of phenolic OH excluding ortho intramolecular Hbond substituents is 1. The van der Waals surface area contributed by atoms with Crippen LogP contribution < -0.4 is 27.4 Å². The highest BCUT2D eigenvalue weighted by Gasteiger charge is 2.26. The summed E-state index contributed by atoms with van der Waals surface area (Å²) in [4.78, 5) is 47.6. The molecule has 30 heavy (non-hydrogen) atoms. The molecule has 1 rings (SSSR count). The lowest BCUT2D eigenvalue weighted by Gasteiger charge is -2.23. The lowest BCUT2D eigenvalue weighted by molar-refractivity contribution is -0.138. The average Bonchev–Trinajstić information content (AvgIpc) is 2.72. The molecule has 0 spiro atoms. The second-order valence-electron chi connectivity index (χ2n) is 6.65.